The fourth-order valence-electron chi connectivity index (χ4n) is 2.13. The summed E-state index contributed by atoms with van der Waals surface area (Å²) in [5, 5.41) is 0. The monoisotopic (exact) mass is 420 g/mol. The van der Waals surface area contributed by atoms with Crippen molar-refractivity contribution in [3.63, 3.8) is 0 Å². The van der Waals surface area contributed by atoms with Crippen LogP contribution in [0.3, 0.4) is 0 Å². The Morgan fingerprint density at radius 2 is 1.60 bits per heavy atom. The Kier molecular flexibility index (Phi) is 8.54. The molecule has 2 unspecified atom stereocenters. The Morgan fingerprint density at radius 1 is 1.08 bits per heavy atom. The van der Waals surface area contributed by atoms with Crippen molar-refractivity contribution in [2.24, 2.45) is 5.92 Å². The van der Waals surface area contributed by atoms with E-state index in [0.717, 1.165) is 7.11 Å². The average molecular weight is 421 g/mol. The Balaban J connectivity index is 5.50. The van der Waals surface area contributed by atoms with Gasteiger partial charge in [-0.25, -0.2) is 13.2 Å². The Morgan fingerprint density at radius 3 is 1.96 bits per heavy atom. The molecule has 4 nitrogen and oxygen atoms in total. The molecular formula is C13H19ClF6O4S. The molecule has 12 heteroatoms. The van der Waals surface area contributed by atoms with Gasteiger partial charge in [-0.3, -0.25) is 0 Å². The number of esters is 1. The van der Waals surface area contributed by atoms with Crippen molar-refractivity contribution in [2.75, 3.05) is 12.9 Å². The molecule has 0 radical (unpaired) electrons. The second kappa shape index (κ2) is 8.79. The number of carbonyl (C=O) groups excluding carboxylic acids is 1. The van der Waals surface area contributed by atoms with E-state index in [1.54, 1.807) is 0 Å². The van der Waals surface area contributed by atoms with Gasteiger partial charge in [-0.15, -0.1) is 0 Å². The van der Waals surface area contributed by atoms with Crippen LogP contribution in [0.1, 0.15) is 39.0 Å². The van der Waals surface area contributed by atoms with Crippen molar-refractivity contribution in [1.82, 2.24) is 0 Å². The molecule has 0 aromatic rings. The van der Waals surface area contributed by atoms with Gasteiger partial charge in [0.2, 0.25) is 4.21 Å². The highest BCUT2D eigenvalue weighted by Crippen LogP contribution is 2.39. The lowest BCUT2D eigenvalue weighted by Crippen LogP contribution is -2.45. The Hall–Kier alpha value is -0.710. The first-order valence-electron chi connectivity index (χ1n) is 7.23. The summed E-state index contributed by atoms with van der Waals surface area (Å²) in [5.41, 5.74) is 0. The molecule has 0 fully saturated rings. The van der Waals surface area contributed by atoms with Crippen LogP contribution in [-0.2, 0) is 19.4 Å². The highest BCUT2D eigenvalue weighted by molar-refractivity contribution is 7.95. The maximum absolute atomic E-state index is 12.9. The SMILES string of the molecule is CCCC(CCC(Cl)(C(=O)OC)S(=O)(=O)CCC(F)(F)F)C(F)(F)F. The fraction of sp³-hybridized carbons (Fsp3) is 0.923. The normalized spacial score (nSPS) is 17.0. The zero-order chi connectivity index (χ0) is 20.1. The van der Waals surface area contributed by atoms with Crippen molar-refractivity contribution in [1.29, 1.82) is 0 Å². The predicted octanol–water partition coefficient (Wildman–Crippen LogP) is 4.22. The van der Waals surface area contributed by atoms with Gasteiger partial charge in [-0.05, 0) is 19.3 Å². The van der Waals surface area contributed by atoms with Gasteiger partial charge in [0.05, 0.1) is 25.2 Å². The summed E-state index contributed by atoms with van der Waals surface area (Å²) in [6.45, 7) is 1.48. The van der Waals surface area contributed by atoms with E-state index >= 15 is 0 Å². The predicted molar refractivity (Wildman–Crippen MR) is 78.7 cm³/mol. The molecule has 0 aliphatic carbocycles. The average Bonchev–Trinajstić information content (AvgIpc) is 2.46. The lowest BCUT2D eigenvalue weighted by molar-refractivity contribution is -0.179. The maximum Gasteiger partial charge on any atom is 0.391 e. The topological polar surface area (TPSA) is 60.4 Å². The van der Waals surface area contributed by atoms with Gasteiger partial charge in [0.1, 0.15) is 0 Å². The third-order valence-corrected chi connectivity index (χ3v) is 6.70. The summed E-state index contributed by atoms with van der Waals surface area (Å²) in [6.07, 6.45) is -13.3. The molecule has 0 spiro atoms. The summed E-state index contributed by atoms with van der Waals surface area (Å²) >= 11 is 5.71. The minimum Gasteiger partial charge on any atom is -0.467 e. The summed E-state index contributed by atoms with van der Waals surface area (Å²) in [4.78, 5) is 11.7. The number of carbonyl (C=O) groups is 1. The molecule has 0 bridgehead atoms. The van der Waals surface area contributed by atoms with Crippen LogP contribution < -0.4 is 0 Å². The number of ether oxygens (including phenoxy) is 1. The van der Waals surface area contributed by atoms with E-state index in [0.29, 0.717) is 0 Å². The van der Waals surface area contributed by atoms with E-state index in [1.165, 1.54) is 6.92 Å². The molecule has 0 aromatic carbocycles. The van der Waals surface area contributed by atoms with Crippen molar-refractivity contribution >= 4 is 27.4 Å². The largest absolute Gasteiger partial charge is 0.467 e. The van der Waals surface area contributed by atoms with Crippen LogP contribution in [0.5, 0.6) is 0 Å². The zero-order valence-electron chi connectivity index (χ0n) is 13.5. The number of hydrogen-bond acceptors (Lipinski definition) is 4. The van der Waals surface area contributed by atoms with E-state index in [9.17, 15) is 39.6 Å². The first-order valence-corrected chi connectivity index (χ1v) is 9.27. The maximum atomic E-state index is 12.9. The highest BCUT2D eigenvalue weighted by atomic mass is 35.5. The standard InChI is InChI=1S/C13H19ClF6O4S/c1-3-4-9(13(18,19)20)5-6-11(14,10(21)24-2)25(22,23)8-7-12(15,16)17/h9H,3-8H2,1-2H3. The van der Waals surface area contributed by atoms with Gasteiger partial charge < -0.3 is 4.74 Å². The Bertz CT molecular complexity index is 546. The van der Waals surface area contributed by atoms with Crippen molar-refractivity contribution in [3.8, 4) is 0 Å². The van der Waals surface area contributed by atoms with Crippen LogP contribution in [0.25, 0.3) is 0 Å². The van der Waals surface area contributed by atoms with Crippen LogP contribution >= 0.6 is 11.6 Å². The van der Waals surface area contributed by atoms with Crippen molar-refractivity contribution < 1.29 is 44.3 Å². The van der Waals surface area contributed by atoms with E-state index in [1.807, 2.05) is 0 Å². The summed E-state index contributed by atoms with van der Waals surface area (Å²) in [5.74, 6) is -5.06. The number of halogens is 7. The summed E-state index contributed by atoms with van der Waals surface area (Å²) in [7, 11) is -4.18. The van der Waals surface area contributed by atoms with Crippen LogP contribution in [-0.4, -0.2) is 43.8 Å². The number of rotatable bonds is 9. The Labute approximate surface area is 146 Å². The molecule has 0 aliphatic heterocycles. The quantitative estimate of drug-likeness (QED) is 0.318. The van der Waals surface area contributed by atoms with Crippen molar-refractivity contribution in [3.05, 3.63) is 0 Å². The molecule has 0 rings (SSSR count). The first-order chi connectivity index (χ1) is 11.1. The minimum absolute atomic E-state index is 0.137. The molecule has 0 N–H and O–H groups in total. The highest BCUT2D eigenvalue weighted by Gasteiger charge is 2.52. The van der Waals surface area contributed by atoms with Gasteiger partial charge in [-0.1, -0.05) is 24.9 Å². The van der Waals surface area contributed by atoms with Gasteiger partial charge in [0.15, 0.2) is 9.84 Å². The number of alkyl halides is 7. The lowest BCUT2D eigenvalue weighted by Gasteiger charge is -2.27. The van der Waals surface area contributed by atoms with Crippen molar-refractivity contribution in [2.45, 2.75) is 55.6 Å². The molecule has 0 aromatic heterocycles. The molecule has 150 valence electrons. The molecule has 0 aliphatic rings. The van der Waals surface area contributed by atoms with Gasteiger partial charge in [-0.2, -0.15) is 26.3 Å². The third-order valence-electron chi connectivity index (χ3n) is 3.55. The molecule has 25 heavy (non-hydrogen) atoms. The fourth-order valence-corrected chi connectivity index (χ4v) is 4.14. The van der Waals surface area contributed by atoms with Gasteiger partial charge >= 0.3 is 18.3 Å². The van der Waals surface area contributed by atoms with E-state index in [4.69, 9.17) is 11.6 Å². The second-order valence-corrected chi connectivity index (χ2v) is 8.67. The van der Waals surface area contributed by atoms with E-state index in [-0.39, 0.29) is 12.8 Å². The minimum atomic E-state index is -4.92. The van der Waals surface area contributed by atoms with Gasteiger partial charge in [0, 0.05) is 0 Å². The zero-order valence-corrected chi connectivity index (χ0v) is 15.1. The second-order valence-electron chi connectivity index (χ2n) is 5.47. The molecule has 2 atom stereocenters. The van der Waals surface area contributed by atoms with E-state index in [2.05, 4.69) is 4.74 Å². The number of methoxy groups -OCH3 is 1. The van der Waals surface area contributed by atoms with Gasteiger partial charge in [0.25, 0.3) is 0 Å². The first kappa shape index (κ1) is 24.3. The third kappa shape index (κ3) is 7.20. The number of hydrogen-bond donors (Lipinski definition) is 0. The molecule has 0 saturated heterocycles. The van der Waals surface area contributed by atoms with Crippen LogP contribution in [0.4, 0.5) is 26.3 Å². The van der Waals surface area contributed by atoms with Crippen LogP contribution in [0, 0.1) is 5.92 Å². The molecular weight excluding hydrogens is 402 g/mol. The summed E-state index contributed by atoms with van der Waals surface area (Å²) < 4.78 is 101. The van der Waals surface area contributed by atoms with Crippen LogP contribution in [0.2, 0.25) is 0 Å². The van der Waals surface area contributed by atoms with E-state index < -0.39 is 63.3 Å². The molecule has 0 saturated carbocycles. The molecule has 0 heterocycles. The smallest absolute Gasteiger partial charge is 0.391 e. The lowest BCUT2D eigenvalue weighted by atomic mass is 9.96. The molecule has 0 amide bonds. The van der Waals surface area contributed by atoms with Crippen LogP contribution in [0.15, 0.2) is 0 Å². The summed E-state index contributed by atoms with van der Waals surface area (Å²) in [6, 6.07) is 0. The number of sulfone groups is 1.